The van der Waals surface area contributed by atoms with Gasteiger partial charge in [0.2, 0.25) is 65.0 Å². The van der Waals surface area contributed by atoms with E-state index in [0.717, 1.165) is 34.7 Å². The number of halogens is 1. The molecule has 0 spiro atoms. The van der Waals surface area contributed by atoms with Crippen LogP contribution in [0, 0.1) is 11.7 Å². The number of aromatic nitrogens is 1. The zero-order chi connectivity index (χ0) is 87.8. The Bertz CT molecular complexity index is 4470. The number of nitrogens with zero attached hydrogens (tertiary/aromatic N) is 6. The van der Waals surface area contributed by atoms with Gasteiger partial charge < -0.3 is 90.1 Å². The van der Waals surface area contributed by atoms with Gasteiger partial charge in [-0.05, 0) is 135 Å². The number of rotatable bonds is 20. The minimum Gasteiger partial charge on any atom is -0.391 e. The van der Waals surface area contributed by atoms with Crippen LogP contribution in [0.15, 0.2) is 97.2 Å². The summed E-state index contributed by atoms with van der Waals surface area (Å²) in [5.41, 5.74) is 3.90. The number of nitrogens with one attached hydrogen (secondary N) is 8. The summed E-state index contributed by atoms with van der Waals surface area (Å²) in [6, 6.07) is 16.3. The van der Waals surface area contributed by atoms with Crippen LogP contribution in [0.25, 0.3) is 10.9 Å². The van der Waals surface area contributed by atoms with Gasteiger partial charge in [0, 0.05) is 120 Å². The maximum Gasteiger partial charge on any atom is 0.246 e. The number of aryl methyl sites for hydroxylation is 2. The molecule has 9 N–H and O–H groups in total. The average molecular weight is 1690 g/mol. The van der Waals surface area contributed by atoms with Gasteiger partial charge in [-0.2, -0.15) is 0 Å². The molecule has 0 saturated carbocycles. The molecule has 1 aromatic heterocycles. The Morgan fingerprint density at radius 3 is 2.07 bits per heavy atom. The molecule has 0 unspecified atom stereocenters. The fourth-order valence-electron chi connectivity index (χ4n) is 16.6. The summed E-state index contributed by atoms with van der Waals surface area (Å²) in [7, 11) is 12.2. The lowest BCUT2D eigenvalue weighted by Gasteiger charge is -2.37. The van der Waals surface area contributed by atoms with Crippen LogP contribution in [-0.2, 0) is 123 Å². The SMILES string of the molecule is CCc1ccc(C[C@@H]2NC(=O)[C@H]([C@@H](C)O)NC(=O)[C@@H]3[C@@H]4CCN3C(=O)[C@@H]3Cc5cn(c6ccc(F)cc56)CCCCCCN(Cc5ccc(cc5)CCNC(=O)[C@]5(C)CCCN5C2=O)C(=O)CCC(=O)C[C@@H](CCCC[N+](C)(C)C)C(=O)N[C@H](CNC(=O)CCOCCOCC[N+](C)(C)C)C(=O)N[C@@H](Cc2cccc(c2)CNC(=O)CO4)C(=O)N3)cc1. The maximum absolute atomic E-state index is 16.4. The zero-order valence-corrected chi connectivity index (χ0v) is 72.6. The van der Waals surface area contributed by atoms with Crippen LogP contribution in [0.5, 0.6) is 0 Å². The molecule has 31 heteroatoms. The molecule has 5 aromatic rings. The van der Waals surface area contributed by atoms with Crippen molar-refractivity contribution < 1.29 is 90.2 Å². The molecule has 12 bridgehead atoms. The van der Waals surface area contributed by atoms with Gasteiger partial charge in [-0.1, -0.05) is 92.6 Å². The van der Waals surface area contributed by atoms with Crippen LogP contribution in [0.2, 0.25) is 0 Å². The van der Waals surface area contributed by atoms with Crippen molar-refractivity contribution in [3.8, 4) is 0 Å². The van der Waals surface area contributed by atoms with Crippen molar-refractivity contribution >= 4 is 81.7 Å². The fourth-order valence-corrected chi connectivity index (χ4v) is 16.6. The molecule has 11 amide bonds. The van der Waals surface area contributed by atoms with Gasteiger partial charge in [0.15, 0.2) is 0 Å². The molecule has 11 rings (SSSR count). The number of quaternary nitrogens is 2. The van der Waals surface area contributed by atoms with E-state index in [2.05, 4.69) is 42.5 Å². The van der Waals surface area contributed by atoms with Gasteiger partial charge in [-0.3, -0.25) is 57.5 Å². The molecule has 10 atom stereocenters. The summed E-state index contributed by atoms with van der Waals surface area (Å²) in [4.78, 5) is 186. The number of ketones is 1. The second kappa shape index (κ2) is 44.3. The van der Waals surface area contributed by atoms with Gasteiger partial charge in [0.25, 0.3) is 0 Å². The number of fused-ring (bicyclic) bond motifs is 16. The van der Waals surface area contributed by atoms with Gasteiger partial charge in [-0.25, -0.2) is 4.39 Å². The molecular formula is C91H129FN14O16+2. The molecule has 664 valence electrons. The van der Waals surface area contributed by atoms with Crippen molar-refractivity contribution in [1.82, 2.24) is 61.8 Å². The van der Waals surface area contributed by atoms with E-state index in [1.807, 2.05) is 102 Å². The highest BCUT2D eigenvalue weighted by molar-refractivity contribution is 6.00. The number of benzene rings is 4. The Morgan fingerprint density at radius 1 is 0.648 bits per heavy atom. The van der Waals surface area contributed by atoms with E-state index in [-0.39, 0.29) is 128 Å². The van der Waals surface area contributed by atoms with Crippen LogP contribution < -0.4 is 42.5 Å². The first-order chi connectivity index (χ1) is 58.2. The Balaban J connectivity index is 1.08. The van der Waals surface area contributed by atoms with E-state index in [0.29, 0.717) is 120 Å². The van der Waals surface area contributed by atoms with Crippen LogP contribution in [0.3, 0.4) is 0 Å². The molecule has 0 aliphatic carbocycles. The maximum atomic E-state index is 16.4. The molecule has 2 fully saturated rings. The first-order valence-electron chi connectivity index (χ1n) is 43.5. The largest absolute Gasteiger partial charge is 0.391 e. The third-order valence-corrected chi connectivity index (χ3v) is 23.8. The van der Waals surface area contributed by atoms with Crippen molar-refractivity contribution in [3.05, 3.63) is 142 Å². The molecule has 2 saturated heterocycles. The quantitative estimate of drug-likeness (QED) is 0.0394. The lowest BCUT2D eigenvalue weighted by Crippen LogP contribution is -2.64. The summed E-state index contributed by atoms with van der Waals surface area (Å²) in [5.74, 6) is -10.1. The highest BCUT2D eigenvalue weighted by atomic mass is 19.1. The molecule has 122 heavy (non-hydrogen) atoms. The highest BCUT2D eigenvalue weighted by Gasteiger charge is 2.50. The summed E-state index contributed by atoms with van der Waals surface area (Å²) in [5, 5.41) is 35.0. The number of Topliss-reactive ketones (excluding diaryl/α,β-unsaturated/α-hetero) is 1. The topological polar surface area (TPSA) is 364 Å². The third-order valence-electron chi connectivity index (χ3n) is 23.8. The van der Waals surface area contributed by atoms with E-state index in [9.17, 15) is 29.1 Å². The minimum absolute atomic E-state index is 0.0322. The Morgan fingerprint density at radius 2 is 1.34 bits per heavy atom. The van der Waals surface area contributed by atoms with Gasteiger partial charge in [0.1, 0.15) is 66.5 Å². The number of aliphatic hydroxyl groups excluding tert-OH is 1. The Labute approximate surface area is 715 Å². The highest BCUT2D eigenvalue weighted by Crippen LogP contribution is 2.33. The molecular weight excluding hydrogens is 1560 g/mol. The van der Waals surface area contributed by atoms with Gasteiger partial charge in [0.05, 0.1) is 87.5 Å². The van der Waals surface area contributed by atoms with Gasteiger partial charge >= 0.3 is 0 Å². The third kappa shape index (κ3) is 27.5. The summed E-state index contributed by atoms with van der Waals surface area (Å²) in [6.07, 6.45) is 2.73. The fraction of sp³-hybridized carbons (Fsp3) is 0.582. The van der Waals surface area contributed by atoms with Crippen LogP contribution in [0.1, 0.15) is 150 Å². The standard InChI is InChI=1S/C91H127FN14O16/c1-10-61-22-26-63(27-23-61)50-73-89(118)104-41-18-37-91(104,3)90(119)93-38-34-62-24-28-64(29-25-62)57-102-40-15-12-11-14-39-101-58-68(71-54-69(92)30-32-76(71)101)53-74-88(117)103-42-35-77(82(103)87(116)100-81(60(2)107)86(115)98-73)122-59-79(110)94-55-66-20-17-19-65(49-66)51-72(84(113)97-74)96-85(114)75(56-95-78(109)36-45-120-47-48-121-46-44-106(7,8)9)99-83(112)67(21-13-16-43-105(4,5)6)52-70(108)31-33-80(102)111/h17,19-20,22-30,32,49,54,58,60,67,72-75,77,81-82,107H,10-16,18,21,31,33-48,50-53,55-57,59H2,1-9H3,(H6-2,93,94,95,96,97,98,99,100,109,110,112,113,114,115,116,119)/p+2/t60-,67-,72+,73+,74+,75-,77+,81+,82+,91+/m1/s1. The van der Waals surface area contributed by atoms with Crippen molar-refractivity contribution in [3.63, 3.8) is 0 Å². The van der Waals surface area contributed by atoms with E-state index >= 15 is 38.0 Å². The lowest BCUT2D eigenvalue weighted by molar-refractivity contribution is -0.870. The number of hydrogen-bond donors (Lipinski definition) is 9. The van der Waals surface area contributed by atoms with Crippen molar-refractivity contribution in [2.45, 2.75) is 216 Å². The second-order valence-corrected chi connectivity index (χ2v) is 35.6. The number of aliphatic hydroxyl groups is 1. The number of ether oxygens (including phenoxy) is 3. The van der Waals surface area contributed by atoms with Crippen LogP contribution >= 0.6 is 0 Å². The number of carbonyl (C=O) groups is 12. The summed E-state index contributed by atoms with van der Waals surface area (Å²) >= 11 is 0. The monoisotopic (exact) mass is 1690 g/mol. The number of hydrogen-bond acceptors (Lipinski definition) is 16. The second-order valence-electron chi connectivity index (χ2n) is 35.6. The Hall–Kier alpha value is -10.1. The van der Waals surface area contributed by atoms with Crippen molar-refractivity contribution in [1.29, 1.82) is 0 Å². The number of amides is 11. The summed E-state index contributed by atoms with van der Waals surface area (Å²) in [6.45, 7) is 7.07. The molecule has 6 aliphatic rings. The summed E-state index contributed by atoms with van der Waals surface area (Å²) < 4.78 is 37.1. The van der Waals surface area contributed by atoms with E-state index in [4.69, 9.17) is 14.2 Å². The number of unbranched alkanes of at least 4 members (excludes halogenated alkanes) is 1. The minimum atomic E-state index is -1.84. The smallest absolute Gasteiger partial charge is 0.246 e. The average Bonchev–Trinajstić information content (AvgIpc) is 1.61. The van der Waals surface area contributed by atoms with Crippen LogP contribution in [0.4, 0.5) is 4.39 Å². The number of carbonyl (C=O) groups excluding carboxylic acids is 12. The van der Waals surface area contributed by atoms with E-state index in [1.165, 1.54) is 24.0 Å². The van der Waals surface area contributed by atoms with E-state index < -0.39 is 138 Å². The molecule has 7 heterocycles. The van der Waals surface area contributed by atoms with Crippen molar-refractivity contribution in [2.24, 2.45) is 5.92 Å². The molecule has 6 aliphatic heterocycles. The first kappa shape index (κ1) is 94.2. The Kier molecular flexibility index (Phi) is 34.2. The molecule has 0 radical (unpaired) electrons. The lowest BCUT2D eigenvalue weighted by atomic mass is 9.93. The van der Waals surface area contributed by atoms with Crippen molar-refractivity contribution in [2.75, 3.05) is 121 Å². The first-order valence-corrected chi connectivity index (χ1v) is 43.5. The van der Waals surface area contributed by atoms with E-state index in [1.54, 1.807) is 48.4 Å². The predicted molar refractivity (Wildman–Crippen MR) is 456 cm³/mol. The predicted octanol–water partition coefficient (Wildman–Crippen LogP) is 3.93. The van der Waals surface area contributed by atoms with Gasteiger partial charge in [-0.15, -0.1) is 0 Å². The van der Waals surface area contributed by atoms with Crippen LogP contribution in [-0.4, -0.2) is 279 Å². The number of likely N-dealkylation sites (N-methyl/N-ethyl adjacent to an activating group) is 1. The normalized spacial score (nSPS) is 24.1. The zero-order valence-electron chi connectivity index (χ0n) is 72.6. The molecule has 4 aromatic carbocycles. The molecule has 30 nitrogen and oxygen atoms in total.